The van der Waals surface area contributed by atoms with Crippen molar-refractivity contribution in [2.45, 2.75) is 37.9 Å². The van der Waals surface area contributed by atoms with Crippen LogP contribution >= 0.6 is 11.6 Å². The number of nitrogens with zero attached hydrogens (tertiary/aromatic N) is 3. The van der Waals surface area contributed by atoms with Crippen LogP contribution in [0.2, 0.25) is 5.02 Å². The van der Waals surface area contributed by atoms with Crippen LogP contribution in [0.4, 0.5) is 0 Å². The van der Waals surface area contributed by atoms with Gasteiger partial charge in [0.15, 0.2) is 0 Å². The van der Waals surface area contributed by atoms with Crippen LogP contribution in [0.3, 0.4) is 0 Å². The van der Waals surface area contributed by atoms with E-state index < -0.39 is 0 Å². The molecule has 0 amide bonds. The largest absolute Gasteiger partial charge is 0.338 e. The molecule has 2 atom stereocenters. The second-order valence-corrected chi connectivity index (χ2v) is 6.62. The van der Waals surface area contributed by atoms with Gasteiger partial charge >= 0.3 is 0 Å². The molecule has 2 fully saturated rings. The van der Waals surface area contributed by atoms with Gasteiger partial charge in [0.1, 0.15) is 0 Å². The maximum absolute atomic E-state index is 6.01. The summed E-state index contributed by atoms with van der Waals surface area (Å²) in [5.74, 6) is 1.28. The Hall–Kier alpha value is -1.43. The number of aromatic nitrogens is 2. The summed E-state index contributed by atoms with van der Waals surface area (Å²) in [6.07, 6.45) is 3.79. The van der Waals surface area contributed by atoms with Crippen LogP contribution in [0, 0.1) is 0 Å². The molecule has 3 heterocycles. The lowest BCUT2D eigenvalue weighted by Gasteiger charge is -2.21. The highest BCUT2D eigenvalue weighted by molar-refractivity contribution is 6.30. The van der Waals surface area contributed by atoms with Crippen molar-refractivity contribution in [1.29, 1.82) is 0 Å². The molecule has 0 radical (unpaired) electrons. The Bertz CT molecular complexity index is 659. The van der Waals surface area contributed by atoms with Crippen molar-refractivity contribution in [2.75, 3.05) is 13.1 Å². The molecule has 2 saturated heterocycles. The molecule has 0 saturated carbocycles. The molecule has 2 aliphatic heterocycles. The van der Waals surface area contributed by atoms with E-state index in [9.17, 15) is 0 Å². The van der Waals surface area contributed by atoms with Gasteiger partial charge in [0, 0.05) is 35.8 Å². The lowest BCUT2D eigenvalue weighted by molar-refractivity contribution is 0.216. The molecule has 1 aromatic heterocycles. The molecule has 2 bridgehead atoms. The number of benzene rings is 1. The third-order valence-corrected chi connectivity index (χ3v) is 4.75. The first-order chi connectivity index (χ1) is 10.8. The second-order valence-electron chi connectivity index (χ2n) is 6.18. The smallest absolute Gasteiger partial charge is 0.241 e. The Kier molecular flexibility index (Phi) is 3.86. The van der Waals surface area contributed by atoms with Crippen molar-refractivity contribution in [3.63, 3.8) is 0 Å². The van der Waals surface area contributed by atoms with E-state index in [-0.39, 0.29) is 0 Å². The molecule has 1 aromatic carbocycles. The summed E-state index contributed by atoms with van der Waals surface area (Å²) in [5, 5.41) is 8.44. The Balaban J connectivity index is 1.45. The van der Waals surface area contributed by atoms with Gasteiger partial charge in [-0.15, -0.1) is 0 Å². The van der Waals surface area contributed by atoms with Crippen molar-refractivity contribution in [3.05, 3.63) is 35.2 Å². The van der Waals surface area contributed by atoms with Gasteiger partial charge < -0.3 is 9.84 Å². The second kappa shape index (κ2) is 5.99. The van der Waals surface area contributed by atoms with Crippen LogP contribution in [0.5, 0.6) is 0 Å². The quantitative estimate of drug-likeness (QED) is 0.943. The zero-order valence-corrected chi connectivity index (χ0v) is 13.1. The molecule has 22 heavy (non-hydrogen) atoms. The maximum Gasteiger partial charge on any atom is 0.241 e. The molecule has 2 aromatic rings. The zero-order chi connectivity index (χ0) is 14.9. The van der Waals surface area contributed by atoms with Crippen molar-refractivity contribution in [3.8, 4) is 11.4 Å². The molecule has 0 aliphatic carbocycles. The van der Waals surface area contributed by atoms with Crippen LogP contribution < -0.4 is 5.32 Å². The third-order valence-electron chi connectivity index (χ3n) is 4.52. The number of hydrogen-bond donors (Lipinski definition) is 1. The number of fused-ring (bicyclic) bond motifs is 2. The zero-order valence-electron chi connectivity index (χ0n) is 12.3. The van der Waals surface area contributed by atoms with E-state index in [1.165, 1.54) is 19.3 Å². The minimum absolute atomic E-state index is 0.604. The minimum atomic E-state index is 0.604. The van der Waals surface area contributed by atoms with Gasteiger partial charge in [-0.1, -0.05) is 28.9 Å². The predicted molar refractivity (Wildman–Crippen MR) is 84.6 cm³/mol. The predicted octanol–water partition coefficient (Wildman–Crippen LogP) is 2.72. The molecular weight excluding hydrogens is 300 g/mol. The van der Waals surface area contributed by atoms with E-state index in [1.807, 2.05) is 24.3 Å². The Morgan fingerprint density at radius 3 is 3.09 bits per heavy atom. The highest BCUT2D eigenvalue weighted by atomic mass is 35.5. The molecule has 5 nitrogen and oxygen atoms in total. The standard InChI is InChI=1S/C16H19ClN4O/c17-12-3-1-2-11(8-12)16-19-15(22-20-16)10-21-7-6-13-4-5-14(9-21)18-13/h1-3,8,13-14,18H,4-7,9-10H2. The molecule has 2 aliphatic rings. The first-order valence-electron chi connectivity index (χ1n) is 7.83. The summed E-state index contributed by atoms with van der Waals surface area (Å²) in [6.45, 7) is 2.87. The van der Waals surface area contributed by atoms with Crippen molar-refractivity contribution >= 4 is 11.6 Å². The fraction of sp³-hybridized carbons (Fsp3) is 0.500. The average Bonchev–Trinajstić information content (AvgIpc) is 3.08. The van der Waals surface area contributed by atoms with E-state index in [0.29, 0.717) is 28.8 Å². The molecule has 1 N–H and O–H groups in total. The van der Waals surface area contributed by atoms with E-state index in [4.69, 9.17) is 16.1 Å². The summed E-state index contributed by atoms with van der Waals surface area (Å²) < 4.78 is 5.42. The number of rotatable bonds is 3. The fourth-order valence-electron chi connectivity index (χ4n) is 3.41. The summed E-state index contributed by atoms with van der Waals surface area (Å²) in [5.41, 5.74) is 0.888. The normalized spacial score (nSPS) is 25.3. The first-order valence-corrected chi connectivity index (χ1v) is 8.21. The minimum Gasteiger partial charge on any atom is -0.338 e. The highest BCUT2D eigenvalue weighted by Crippen LogP contribution is 2.23. The Labute approximate surface area is 134 Å². The number of halogens is 1. The molecule has 2 unspecified atom stereocenters. The van der Waals surface area contributed by atoms with E-state index in [2.05, 4.69) is 20.4 Å². The topological polar surface area (TPSA) is 54.2 Å². The summed E-state index contributed by atoms with van der Waals surface area (Å²) in [4.78, 5) is 6.92. The maximum atomic E-state index is 6.01. The monoisotopic (exact) mass is 318 g/mol. The SMILES string of the molecule is Clc1cccc(-c2noc(CN3CCC4CCC(C3)N4)n2)c1. The first kappa shape index (κ1) is 14.2. The van der Waals surface area contributed by atoms with Gasteiger partial charge in [0.05, 0.1) is 6.54 Å². The van der Waals surface area contributed by atoms with Crippen molar-refractivity contribution in [1.82, 2.24) is 20.4 Å². The molecule has 6 heteroatoms. The summed E-state index contributed by atoms with van der Waals surface area (Å²) in [7, 11) is 0. The van der Waals surface area contributed by atoms with Gasteiger partial charge in [-0.05, 0) is 31.4 Å². The Morgan fingerprint density at radius 1 is 1.27 bits per heavy atom. The van der Waals surface area contributed by atoms with Gasteiger partial charge in [0.2, 0.25) is 11.7 Å². The van der Waals surface area contributed by atoms with Gasteiger partial charge in [-0.25, -0.2) is 0 Å². The molecular formula is C16H19ClN4O. The van der Waals surface area contributed by atoms with Gasteiger partial charge in [-0.2, -0.15) is 4.98 Å². The number of hydrogen-bond acceptors (Lipinski definition) is 5. The lowest BCUT2D eigenvalue weighted by Crippen LogP contribution is -2.35. The lowest BCUT2D eigenvalue weighted by atomic mass is 10.1. The summed E-state index contributed by atoms with van der Waals surface area (Å²) in [6, 6.07) is 8.83. The van der Waals surface area contributed by atoms with Crippen LogP contribution in [-0.2, 0) is 6.54 Å². The Morgan fingerprint density at radius 2 is 2.18 bits per heavy atom. The number of nitrogens with one attached hydrogen (secondary N) is 1. The average molecular weight is 319 g/mol. The van der Waals surface area contributed by atoms with E-state index >= 15 is 0 Å². The molecule has 116 valence electrons. The highest BCUT2D eigenvalue weighted by Gasteiger charge is 2.29. The van der Waals surface area contributed by atoms with Crippen LogP contribution in [-0.4, -0.2) is 40.2 Å². The van der Waals surface area contributed by atoms with E-state index in [0.717, 1.165) is 25.2 Å². The van der Waals surface area contributed by atoms with Crippen molar-refractivity contribution in [2.24, 2.45) is 0 Å². The fourth-order valence-corrected chi connectivity index (χ4v) is 3.60. The third kappa shape index (κ3) is 3.02. The molecule has 0 spiro atoms. The van der Waals surface area contributed by atoms with Crippen LogP contribution in [0.15, 0.2) is 28.8 Å². The van der Waals surface area contributed by atoms with Gasteiger partial charge in [0.25, 0.3) is 0 Å². The van der Waals surface area contributed by atoms with Crippen molar-refractivity contribution < 1.29 is 4.52 Å². The number of likely N-dealkylation sites (tertiary alicyclic amines) is 1. The van der Waals surface area contributed by atoms with Gasteiger partial charge in [-0.3, -0.25) is 4.90 Å². The van der Waals surface area contributed by atoms with Crippen LogP contribution in [0.25, 0.3) is 11.4 Å². The van der Waals surface area contributed by atoms with E-state index in [1.54, 1.807) is 0 Å². The van der Waals surface area contributed by atoms with Crippen LogP contribution in [0.1, 0.15) is 25.2 Å². The molecule has 4 rings (SSSR count). The summed E-state index contributed by atoms with van der Waals surface area (Å²) >= 11 is 6.01.